The van der Waals surface area contributed by atoms with Gasteiger partial charge >= 0.3 is 0 Å². The molecular weight excluding hydrogens is 589 g/mol. The standard InChI is InChI=1S/C29H34N8O2S3/c1-5-21-24(34(3)25-32-23(22(14-30)40-25)20-8-6-19(2)7-9-20)37-26(31-21)41-27(33-37)35-12-10-28(11-13-35)15-29(16-28)17-36(18-29)42(4,38)39/h6-9H,5,10-13,15-18H2,1-4H3. The zero-order valence-corrected chi connectivity index (χ0v) is 26.7. The Bertz CT molecular complexity index is 1810. The Morgan fingerprint density at radius 2 is 1.76 bits per heavy atom. The van der Waals surface area contributed by atoms with Gasteiger partial charge < -0.3 is 9.80 Å². The predicted octanol–water partition coefficient (Wildman–Crippen LogP) is 5.07. The molecule has 5 heterocycles. The second-order valence-electron chi connectivity index (χ2n) is 12.4. The lowest BCUT2D eigenvalue weighted by atomic mass is 9.47. The summed E-state index contributed by atoms with van der Waals surface area (Å²) in [6.07, 6.45) is 6.57. The van der Waals surface area contributed by atoms with E-state index < -0.39 is 10.0 Å². The maximum absolute atomic E-state index is 11.8. The average Bonchev–Trinajstić information content (AvgIpc) is 3.62. The van der Waals surface area contributed by atoms with Gasteiger partial charge in [0.15, 0.2) is 10.9 Å². The minimum absolute atomic E-state index is 0.212. The van der Waals surface area contributed by atoms with Crippen molar-refractivity contribution < 1.29 is 8.42 Å². The zero-order valence-electron chi connectivity index (χ0n) is 24.3. The van der Waals surface area contributed by atoms with Crippen LogP contribution in [0.3, 0.4) is 0 Å². The van der Waals surface area contributed by atoms with Gasteiger partial charge in [-0.2, -0.15) is 9.78 Å². The topological polar surface area (TPSA) is 111 Å². The zero-order chi connectivity index (χ0) is 29.4. The van der Waals surface area contributed by atoms with Crippen molar-refractivity contribution in [3.8, 4) is 17.3 Å². The van der Waals surface area contributed by atoms with Crippen molar-refractivity contribution in [2.24, 2.45) is 10.8 Å². The molecule has 13 heteroatoms. The van der Waals surface area contributed by atoms with Crippen LogP contribution < -0.4 is 9.80 Å². The number of sulfonamides is 1. The molecule has 0 unspecified atom stereocenters. The Labute approximate surface area is 254 Å². The highest BCUT2D eigenvalue weighted by molar-refractivity contribution is 7.88. The molecule has 220 valence electrons. The van der Waals surface area contributed by atoms with E-state index in [9.17, 15) is 13.7 Å². The Morgan fingerprint density at radius 3 is 2.38 bits per heavy atom. The molecule has 0 radical (unpaired) electrons. The smallest absolute Gasteiger partial charge is 0.216 e. The van der Waals surface area contributed by atoms with Crippen LogP contribution in [0.4, 0.5) is 16.1 Å². The van der Waals surface area contributed by atoms with Gasteiger partial charge in [-0.25, -0.2) is 22.7 Å². The molecule has 4 aromatic rings. The molecule has 7 rings (SSSR count). The van der Waals surface area contributed by atoms with Gasteiger partial charge in [-0.1, -0.05) is 59.4 Å². The van der Waals surface area contributed by atoms with Crippen LogP contribution in [0.25, 0.3) is 16.2 Å². The predicted molar refractivity (Wildman–Crippen MR) is 167 cm³/mol. The third kappa shape index (κ3) is 4.51. The van der Waals surface area contributed by atoms with Crippen LogP contribution in [0.15, 0.2) is 24.3 Å². The fourth-order valence-corrected chi connectivity index (χ4v) is 10.1. The summed E-state index contributed by atoms with van der Waals surface area (Å²) in [5, 5.41) is 16.6. The van der Waals surface area contributed by atoms with E-state index in [0.29, 0.717) is 29.1 Å². The number of aryl methyl sites for hydroxylation is 2. The molecule has 1 saturated carbocycles. The molecule has 0 N–H and O–H groups in total. The molecule has 0 atom stereocenters. The fraction of sp³-hybridized carbons (Fsp3) is 0.517. The minimum Gasteiger partial charge on any atom is -0.347 e. The number of rotatable bonds is 6. The van der Waals surface area contributed by atoms with Crippen molar-refractivity contribution in [2.75, 3.05) is 49.3 Å². The van der Waals surface area contributed by atoms with Crippen molar-refractivity contribution in [2.45, 2.75) is 46.0 Å². The third-order valence-corrected chi connectivity index (χ3v) is 12.5. The van der Waals surface area contributed by atoms with Gasteiger partial charge in [0, 0.05) is 38.8 Å². The second kappa shape index (κ2) is 9.74. The summed E-state index contributed by atoms with van der Waals surface area (Å²) in [6.45, 7) is 7.43. The third-order valence-electron chi connectivity index (χ3n) is 9.31. The van der Waals surface area contributed by atoms with Crippen LogP contribution in [0.1, 0.15) is 48.7 Å². The highest BCUT2D eigenvalue weighted by Crippen LogP contribution is 2.63. The summed E-state index contributed by atoms with van der Waals surface area (Å²) in [7, 11) is -1.09. The molecule has 2 aliphatic heterocycles. The highest BCUT2D eigenvalue weighted by Gasteiger charge is 2.61. The lowest BCUT2D eigenvalue weighted by molar-refractivity contribution is -0.124. The lowest BCUT2D eigenvalue weighted by Gasteiger charge is -2.65. The van der Waals surface area contributed by atoms with Gasteiger partial charge in [-0.05, 0) is 49.9 Å². The first-order chi connectivity index (χ1) is 20.0. The molecule has 3 aliphatic rings. The number of aromatic nitrogens is 4. The van der Waals surface area contributed by atoms with Gasteiger partial charge in [-0.15, -0.1) is 5.10 Å². The van der Waals surface area contributed by atoms with Crippen LogP contribution in [0, 0.1) is 29.1 Å². The quantitative estimate of drug-likeness (QED) is 0.293. The highest BCUT2D eigenvalue weighted by atomic mass is 32.2. The summed E-state index contributed by atoms with van der Waals surface area (Å²) in [5.41, 5.74) is 4.31. The van der Waals surface area contributed by atoms with E-state index in [1.54, 1.807) is 15.6 Å². The number of imidazole rings is 1. The van der Waals surface area contributed by atoms with Crippen molar-refractivity contribution >= 4 is 53.7 Å². The van der Waals surface area contributed by atoms with Crippen molar-refractivity contribution in [1.82, 2.24) is 23.9 Å². The molecule has 0 amide bonds. The molecule has 2 spiro atoms. The molecule has 1 aliphatic carbocycles. The Kier molecular flexibility index (Phi) is 6.44. The van der Waals surface area contributed by atoms with E-state index in [-0.39, 0.29) is 5.41 Å². The SMILES string of the molecule is CCc1nc2sc(N3CCC4(CC3)CC3(CN(S(C)(=O)=O)C3)C4)nn2c1N(C)c1nc(-c2ccc(C)cc2)c(C#N)s1. The molecule has 0 bridgehead atoms. The number of thiazole rings is 1. The van der Waals surface area contributed by atoms with Gasteiger partial charge in [0.2, 0.25) is 20.1 Å². The summed E-state index contributed by atoms with van der Waals surface area (Å²) in [5.74, 6) is 0.888. The molecule has 10 nitrogen and oxygen atoms in total. The average molecular weight is 623 g/mol. The van der Waals surface area contributed by atoms with Crippen LogP contribution in [0.2, 0.25) is 0 Å². The number of hydrogen-bond donors (Lipinski definition) is 0. The van der Waals surface area contributed by atoms with Gasteiger partial charge in [0.1, 0.15) is 16.6 Å². The first-order valence-corrected chi connectivity index (χ1v) is 17.8. The van der Waals surface area contributed by atoms with E-state index in [2.05, 4.69) is 17.9 Å². The maximum Gasteiger partial charge on any atom is 0.216 e. The van der Waals surface area contributed by atoms with Crippen molar-refractivity contribution in [3.05, 3.63) is 40.4 Å². The number of hydrogen-bond acceptors (Lipinski definition) is 10. The van der Waals surface area contributed by atoms with E-state index in [1.807, 2.05) is 47.7 Å². The Morgan fingerprint density at radius 1 is 1.07 bits per heavy atom. The van der Waals surface area contributed by atoms with Crippen LogP contribution >= 0.6 is 22.7 Å². The van der Waals surface area contributed by atoms with E-state index in [4.69, 9.17) is 15.1 Å². The number of nitrogens with zero attached hydrogens (tertiary/aromatic N) is 8. The van der Waals surface area contributed by atoms with Crippen molar-refractivity contribution in [3.63, 3.8) is 0 Å². The fourth-order valence-electron chi connectivity index (χ4n) is 7.22. The molecular formula is C29H34N8O2S3. The van der Waals surface area contributed by atoms with Crippen molar-refractivity contribution in [1.29, 1.82) is 5.26 Å². The number of anilines is 3. The van der Waals surface area contributed by atoms with E-state index >= 15 is 0 Å². The lowest BCUT2D eigenvalue weighted by Crippen LogP contribution is -2.67. The molecule has 3 aromatic heterocycles. The van der Waals surface area contributed by atoms with Gasteiger partial charge in [0.25, 0.3) is 0 Å². The summed E-state index contributed by atoms with van der Waals surface area (Å²) in [6, 6.07) is 10.4. The number of benzene rings is 1. The number of piperidine rings is 1. The monoisotopic (exact) mass is 622 g/mol. The normalized spacial score (nSPS) is 19.6. The molecule has 3 fully saturated rings. The Balaban J connectivity index is 1.09. The summed E-state index contributed by atoms with van der Waals surface area (Å²) in [4.78, 5) is 15.7. The van der Waals surface area contributed by atoms with E-state index in [1.165, 1.54) is 17.6 Å². The minimum atomic E-state index is -3.07. The number of fused-ring (bicyclic) bond motifs is 1. The van der Waals surface area contributed by atoms with E-state index in [0.717, 1.165) is 83.1 Å². The molecule has 1 aromatic carbocycles. The first kappa shape index (κ1) is 27.8. The van der Waals surface area contributed by atoms with Gasteiger partial charge in [-0.3, -0.25) is 0 Å². The van der Waals surface area contributed by atoms with Crippen LogP contribution in [-0.2, 0) is 16.4 Å². The Hall–Kier alpha value is -3.05. The maximum atomic E-state index is 11.8. The molecule has 42 heavy (non-hydrogen) atoms. The summed E-state index contributed by atoms with van der Waals surface area (Å²) >= 11 is 3.00. The first-order valence-electron chi connectivity index (χ1n) is 14.3. The van der Waals surface area contributed by atoms with Crippen LogP contribution in [-0.4, -0.2) is 71.8 Å². The number of nitriles is 1. The van der Waals surface area contributed by atoms with Gasteiger partial charge in [0.05, 0.1) is 11.9 Å². The molecule has 2 saturated heterocycles. The largest absolute Gasteiger partial charge is 0.347 e. The second-order valence-corrected chi connectivity index (χ2v) is 16.3. The van der Waals surface area contributed by atoms with Crippen LogP contribution in [0.5, 0.6) is 0 Å². The summed E-state index contributed by atoms with van der Waals surface area (Å²) < 4.78 is 27.2.